The first-order valence-corrected chi connectivity index (χ1v) is 6.54. The lowest BCUT2D eigenvalue weighted by Gasteiger charge is -2.24. The highest BCUT2D eigenvalue weighted by molar-refractivity contribution is 9.10. The van der Waals surface area contributed by atoms with Gasteiger partial charge in [0.1, 0.15) is 5.52 Å². The van der Waals surface area contributed by atoms with Crippen molar-refractivity contribution in [3.8, 4) is 0 Å². The van der Waals surface area contributed by atoms with Crippen molar-refractivity contribution in [1.29, 1.82) is 0 Å². The third-order valence-electron chi connectivity index (χ3n) is 2.62. The Morgan fingerprint density at radius 2 is 2.16 bits per heavy atom. The predicted molar refractivity (Wildman–Crippen MR) is 74.5 cm³/mol. The Balaban J connectivity index is 2.46. The molecule has 4 nitrogen and oxygen atoms in total. The van der Waals surface area contributed by atoms with Crippen LogP contribution in [0.4, 0.5) is 14.5 Å². The van der Waals surface area contributed by atoms with Crippen LogP contribution < -0.4 is 10.6 Å². The molecular formula is C12H13BrF2N4. The molecule has 102 valence electrons. The number of fused-ring (bicyclic) bond motifs is 1. The lowest BCUT2D eigenvalue weighted by Crippen LogP contribution is -2.33. The quantitative estimate of drug-likeness (QED) is 0.914. The maximum absolute atomic E-state index is 12.6. The third-order valence-corrected chi connectivity index (χ3v) is 3.05. The van der Waals surface area contributed by atoms with Crippen molar-refractivity contribution in [3.05, 3.63) is 29.0 Å². The van der Waals surface area contributed by atoms with E-state index < -0.39 is 6.43 Å². The summed E-state index contributed by atoms with van der Waals surface area (Å²) in [5, 5.41) is 0. The first-order valence-electron chi connectivity index (χ1n) is 5.75. The number of nitrogens with two attached hydrogens (primary N) is 1. The molecule has 0 spiro atoms. The summed E-state index contributed by atoms with van der Waals surface area (Å²) in [6.45, 7) is 0.280. The number of halogens is 3. The molecule has 0 unspecified atom stereocenters. The molecular weight excluding hydrogens is 318 g/mol. The highest BCUT2D eigenvalue weighted by atomic mass is 79.9. The minimum atomic E-state index is -2.43. The van der Waals surface area contributed by atoms with Crippen LogP contribution >= 0.6 is 15.9 Å². The lowest BCUT2D eigenvalue weighted by molar-refractivity contribution is 0.155. The summed E-state index contributed by atoms with van der Waals surface area (Å²) in [6.07, 6.45) is 0.780. The van der Waals surface area contributed by atoms with Crippen molar-refractivity contribution < 1.29 is 8.78 Å². The van der Waals surface area contributed by atoms with Gasteiger partial charge in [-0.3, -0.25) is 9.97 Å². The van der Waals surface area contributed by atoms with E-state index in [0.29, 0.717) is 29.8 Å². The molecule has 2 N–H and O–H groups in total. The molecule has 7 heteroatoms. The Labute approximate surface area is 117 Å². The van der Waals surface area contributed by atoms with Crippen LogP contribution in [0.25, 0.3) is 11.0 Å². The molecule has 0 fully saturated rings. The molecule has 0 saturated heterocycles. The van der Waals surface area contributed by atoms with Gasteiger partial charge in [-0.1, -0.05) is 0 Å². The molecule has 2 heterocycles. The van der Waals surface area contributed by atoms with Gasteiger partial charge in [0.2, 0.25) is 0 Å². The summed E-state index contributed by atoms with van der Waals surface area (Å²) in [7, 11) is 0. The fourth-order valence-corrected chi connectivity index (χ4v) is 2.20. The van der Waals surface area contributed by atoms with Gasteiger partial charge >= 0.3 is 0 Å². The van der Waals surface area contributed by atoms with Crippen LogP contribution in [0.3, 0.4) is 0 Å². The second kappa shape index (κ2) is 6.21. The standard InChI is InChI=1S/C12H13BrF2N4/c13-8-5-9-12(18-6-8)10(1-3-17-9)19(4-2-16)7-11(14)15/h1,3,5-6,11H,2,4,7,16H2. The second-order valence-electron chi connectivity index (χ2n) is 3.98. The molecule has 0 saturated carbocycles. The van der Waals surface area contributed by atoms with Crippen molar-refractivity contribution in [3.63, 3.8) is 0 Å². The van der Waals surface area contributed by atoms with E-state index in [-0.39, 0.29) is 6.54 Å². The SMILES string of the molecule is NCCN(CC(F)F)c1ccnc2cc(Br)cnc12. The number of nitrogens with zero attached hydrogens (tertiary/aromatic N) is 3. The molecule has 0 amide bonds. The topological polar surface area (TPSA) is 55.0 Å². The highest BCUT2D eigenvalue weighted by Crippen LogP contribution is 2.25. The molecule has 0 aliphatic heterocycles. The van der Waals surface area contributed by atoms with E-state index in [1.54, 1.807) is 24.5 Å². The summed E-state index contributed by atoms with van der Waals surface area (Å²) in [5.41, 5.74) is 7.36. The van der Waals surface area contributed by atoms with E-state index in [1.807, 2.05) is 0 Å². The third kappa shape index (κ3) is 3.36. The van der Waals surface area contributed by atoms with Crippen LogP contribution in [0.15, 0.2) is 29.0 Å². The van der Waals surface area contributed by atoms with Crippen molar-refractivity contribution in [2.24, 2.45) is 5.73 Å². The van der Waals surface area contributed by atoms with E-state index in [0.717, 1.165) is 4.47 Å². The molecule has 2 aromatic heterocycles. The van der Waals surface area contributed by atoms with Crippen molar-refractivity contribution in [2.45, 2.75) is 6.43 Å². The fraction of sp³-hybridized carbons (Fsp3) is 0.333. The monoisotopic (exact) mass is 330 g/mol. The molecule has 0 aromatic carbocycles. The average molecular weight is 331 g/mol. The average Bonchev–Trinajstić information content (AvgIpc) is 2.36. The van der Waals surface area contributed by atoms with Gasteiger partial charge in [0, 0.05) is 30.0 Å². The van der Waals surface area contributed by atoms with Crippen LogP contribution in [0.2, 0.25) is 0 Å². The highest BCUT2D eigenvalue weighted by Gasteiger charge is 2.15. The van der Waals surface area contributed by atoms with Crippen LogP contribution in [0, 0.1) is 0 Å². The Morgan fingerprint density at radius 1 is 1.37 bits per heavy atom. The van der Waals surface area contributed by atoms with E-state index in [9.17, 15) is 8.78 Å². The molecule has 19 heavy (non-hydrogen) atoms. The van der Waals surface area contributed by atoms with E-state index in [4.69, 9.17) is 5.73 Å². The van der Waals surface area contributed by atoms with Gasteiger partial charge in [0.15, 0.2) is 0 Å². The number of hydrogen-bond acceptors (Lipinski definition) is 4. The Morgan fingerprint density at radius 3 is 2.84 bits per heavy atom. The van der Waals surface area contributed by atoms with Gasteiger partial charge in [-0.05, 0) is 28.1 Å². The van der Waals surface area contributed by atoms with Crippen LogP contribution in [0.1, 0.15) is 0 Å². The number of hydrogen-bond donors (Lipinski definition) is 1. The summed E-state index contributed by atoms with van der Waals surface area (Å²) in [4.78, 5) is 9.98. The minimum Gasteiger partial charge on any atom is -0.363 e. The summed E-state index contributed by atoms with van der Waals surface area (Å²) in [6, 6.07) is 3.48. The zero-order valence-electron chi connectivity index (χ0n) is 10.1. The fourth-order valence-electron chi connectivity index (χ4n) is 1.88. The van der Waals surface area contributed by atoms with Crippen LogP contribution in [-0.4, -0.2) is 36.0 Å². The van der Waals surface area contributed by atoms with Crippen molar-refractivity contribution >= 4 is 32.7 Å². The van der Waals surface area contributed by atoms with Gasteiger partial charge in [-0.2, -0.15) is 0 Å². The van der Waals surface area contributed by atoms with Gasteiger partial charge < -0.3 is 10.6 Å². The predicted octanol–water partition coefficient (Wildman–Crippen LogP) is 2.42. The summed E-state index contributed by atoms with van der Waals surface area (Å²) >= 11 is 3.31. The number of pyridine rings is 2. The first kappa shape index (κ1) is 14.1. The molecule has 2 aromatic rings. The summed E-state index contributed by atoms with van der Waals surface area (Å²) < 4.78 is 26.1. The minimum absolute atomic E-state index is 0.299. The maximum atomic E-state index is 12.6. The molecule has 0 aliphatic carbocycles. The van der Waals surface area contributed by atoms with Gasteiger partial charge in [-0.15, -0.1) is 0 Å². The molecule has 2 rings (SSSR count). The maximum Gasteiger partial charge on any atom is 0.255 e. The Hall–Kier alpha value is -1.34. The molecule has 0 bridgehead atoms. The van der Waals surface area contributed by atoms with E-state index >= 15 is 0 Å². The molecule has 0 atom stereocenters. The zero-order valence-corrected chi connectivity index (χ0v) is 11.6. The van der Waals surface area contributed by atoms with E-state index in [2.05, 4.69) is 25.9 Å². The molecule has 0 radical (unpaired) electrons. The van der Waals surface area contributed by atoms with Crippen molar-refractivity contribution in [2.75, 3.05) is 24.5 Å². The Bertz CT molecular complexity index is 564. The van der Waals surface area contributed by atoms with Gasteiger partial charge in [-0.25, -0.2) is 8.78 Å². The Kier molecular flexibility index (Phi) is 4.60. The number of alkyl halides is 2. The second-order valence-corrected chi connectivity index (χ2v) is 4.89. The smallest absolute Gasteiger partial charge is 0.255 e. The summed E-state index contributed by atoms with van der Waals surface area (Å²) in [5.74, 6) is 0. The van der Waals surface area contributed by atoms with Gasteiger partial charge in [0.05, 0.1) is 17.7 Å². The van der Waals surface area contributed by atoms with Gasteiger partial charge in [0.25, 0.3) is 6.43 Å². The number of rotatable bonds is 5. The largest absolute Gasteiger partial charge is 0.363 e. The van der Waals surface area contributed by atoms with Crippen molar-refractivity contribution in [1.82, 2.24) is 9.97 Å². The zero-order chi connectivity index (χ0) is 13.8. The number of aromatic nitrogens is 2. The number of anilines is 1. The first-order chi connectivity index (χ1) is 9.11. The van der Waals surface area contributed by atoms with Crippen LogP contribution in [0.5, 0.6) is 0 Å². The van der Waals surface area contributed by atoms with Crippen LogP contribution in [-0.2, 0) is 0 Å². The lowest BCUT2D eigenvalue weighted by atomic mass is 10.2. The molecule has 0 aliphatic rings. The van der Waals surface area contributed by atoms with E-state index in [1.165, 1.54) is 4.90 Å². The normalized spacial score (nSPS) is 11.2.